The zero-order valence-electron chi connectivity index (χ0n) is 19.7. The zero-order chi connectivity index (χ0) is 23.4. The van der Waals surface area contributed by atoms with Crippen molar-refractivity contribution in [3.05, 3.63) is 77.5 Å². The van der Waals surface area contributed by atoms with Crippen molar-refractivity contribution in [2.45, 2.75) is 19.9 Å². The van der Waals surface area contributed by atoms with Crippen LogP contribution in [0.25, 0.3) is 10.9 Å². The maximum Gasteiger partial charge on any atom is 0.203 e. The third-order valence-electron chi connectivity index (χ3n) is 5.73. The van der Waals surface area contributed by atoms with Crippen LogP contribution in [-0.2, 0) is 0 Å². The van der Waals surface area contributed by atoms with Crippen molar-refractivity contribution in [2.75, 3.05) is 33.3 Å². The van der Waals surface area contributed by atoms with Gasteiger partial charge in [0.2, 0.25) is 5.75 Å². The lowest BCUT2D eigenvalue weighted by atomic mass is 9.95. The number of rotatable bonds is 9. The Bertz CT molecular complexity index is 1210. The number of ether oxygens (including phenoxy) is 4. The molecule has 33 heavy (non-hydrogen) atoms. The molecule has 0 amide bonds. The molecule has 4 aromatic rings. The van der Waals surface area contributed by atoms with Gasteiger partial charge in [-0.2, -0.15) is 0 Å². The van der Waals surface area contributed by atoms with Gasteiger partial charge in [0.1, 0.15) is 5.75 Å². The second kappa shape index (κ2) is 9.77. The van der Waals surface area contributed by atoms with Crippen LogP contribution in [0.2, 0.25) is 0 Å². The van der Waals surface area contributed by atoms with Gasteiger partial charge in [-0.25, -0.2) is 0 Å². The van der Waals surface area contributed by atoms with Crippen LogP contribution in [-0.4, -0.2) is 32.9 Å². The predicted molar refractivity (Wildman–Crippen MR) is 132 cm³/mol. The highest BCUT2D eigenvalue weighted by Gasteiger charge is 2.24. The summed E-state index contributed by atoms with van der Waals surface area (Å²) in [6, 6.07) is 20.1. The first-order chi connectivity index (χ1) is 16.1. The number of aryl methyl sites for hydroxylation is 1. The van der Waals surface area contributed by atoms with Crippen molar-refractivity contribution < 1.29 is 18.9 Å². The first kappa shape index (κ1) is 22.4. The van der Waals surface area contributed by atoms with Crippen molar-refractivity contribution in [1.29, 1.82) is 0 Å². The lowest BCUT2D eigenvalue weighted by molar-refractivity contribution is 0.323. The van der Waals surface area contributed by atoms with Gasteiger partial charge in [-0.15, -0.1) is 0 Å². The second-order valence-electron chi connectivity index (χ2n) is 7.70. The van der Waals surface area contributed by atoms with Gasteiger partial charge < -0.3 is 29.2 Å². The summed E-state index contributed by atoms with van der Waals surface area (Å²) in [5, 5.41) is 4.87. The third kappa shape index (κ3) is 4.42. The van der Waals surface area contributed by atoms with E-state index in [-0.39, 0.29) is 6.04 Å². The van der Waals surface area contributed by atoms with E-state index in [0.717, 1.165) is 39.2 Å². The van der Waals surface area contributed by atoms with E-state index < -0.39 is 0 Å². The summed E-state index contributed by atoms with van der Waals surface area (Å²) < 4.78 is 22.4. The van der Waals surface area contributed by atoms with Crippen LogP contribution >= 0.6 is 0 Å². The largest absolute Gasteiger partial charge is 0.494 e. The first-order valence-corrected chi connectivity index (χ1v) is 11.0. The summed E-state index contributed by atoms with van der Waals surface area (Å²) in [6.45, 7) is 4.71. The van der Waals surface area contributed by atoms with Gasteiger partial charge in [-0.1, -0.05) is 18.2 Å². The molecule has 6 heteroatoms. The number of fused-ring (bicyclic) bond motifs is 1. The number of H-pyrrole nitrogens is 1. The van der Waals surface area contributed by atoms with Crippen molar-refractivity contribution in [2.24, 2.45) is 0 Å². The van der Waals surface area contributed by atoms with Crippen molar-refractivity contribution in [3.63, 3.8) is 0 Å². The summed E-state index contributed by atoms with van der Waals surface area (Å²) in [7, 11) is 4.87. The van der Waals surface area contributed by atoms with Crippen LogP contribution in [0.15, 0.2) is 60.7 Å². The fourth-order valence-electron chi connectivity index (χ4n) is 4.24. The fourth-order valence-corrected chi connectivity index (χ4v) is 4.24. The van der Waals surface area contributed by atoms with Crippen molar-refractivity contribution in [3.8, 4) is 23.0 Å². The summed E-state index contributed by atoms with van der Waals surface area (Å²) in [4.78, 5) is 3.52. The monoisotopic (exact) mass is 446 g/mol. The molecule has 1 atom stereocenters. The number of methoxy groups -OCH3 is 3. The highest BCUT2D eigenvalue weighted by Crippen LogP contribution is 2.43. The fraction of sp³-hybridized carbons (Fsp3) is 0.259. The molecule has 2 N–H and O–H groups in total. The van der Waals surface area contributed by atoms with E-state index >= 15 is 0 Å². The molecular formula is C27H30N2O4. The Morgan fingerprint density at radius 2 is 1.55 bits per heavy atom. The van der Waals surface area contributed by atoms with E-state index in [1.165, 1.54) is 0 Å². The molecule has 0 fully saturated rings. The molecule has 1 aromatic heterocycles. The molecule has 0 bridgehead atoms. The van der Waals surface area contributed by atoms with Crippen molar-refractivity contribution >= 4 is 16.6 Å². The Kier molecular flexibility index (Phi) is 6.63. The van der Waals surface area contributed by atoms with Gasteiger partial charge in [0.25, 0.3) is 0 Å². The maximum atomic E-state index is 5.64. The third-order valence-corrected chi connectivity index (χ3v) is 5.73. The molecule has 4 rings (SSSR count). The average Bonchev–Trinajstić information content (AvgIpc) is 3.18. The molecule has 0 aliphatic heterocycles. The van der Waals surface area contributed by atoms with Gasteiger partial charge in [0, 0.05) is 27.8 Å². The first-order valence-electron chi connectivity index (χ1n) is 11.0. The minimum absolute atomic E-state index is 0.173. The Hall–Kier alpha value is -3.80. The highest BCUT2D eigenvalue weighted by atomic mass is 16.5. The predicted octanol–water partition coefficient (Wildman–Crippen LogP) is 6.10. The minimum Gasteiger partial charge on any atom is -0.494 e. The van der Waals surface area contributed by atoms with Crippen LogP contribution in [0, 0.1) is 6.92 Å². The number of nitrogens with one attached hydrogen (secondary N) is 2. The van der Waals surface area contributed by atoms with Crippen LogP contribution in [0.4, 0.5) is 5.69 Å². The average molecular weight is 447 g/mol. The van der Waals surface area contributed by atoms with Crippen LogP contribution in [0.3, 0.4) is 0 Å². The van der Waals surface area contributed by atoms with Crippen LogP contribution in [0.1, 0.15) is 29.8 Å². The number of para-hydroxylation sites is 1. The van der Waals surface area contributed by atoms with E-state index in [9.17, 15) is 0 Å². The molecule has 0 aliphatic rings. The number of anilines is 1. The Morgan fingerprint density at radius 3 is 2.15 bits per heavy atom. The lowest BCUT2D eigenvalue weighted by Gasteiger charge is -2.24. The van der Waals surface area contributed by atoms with E-state index in [2.05, 4.69) is 35.4 Å². The summed E-state index contributed by atoms with van der Waals surface area (Å²) >= 11 is 0. The van der Waals surface area contributed by atoms with E-state index in [1.54, 1.807) is 21.3 Å². The van der Waals surface area contributed by atoms with E-state index in [4.69, 9.17) is 18.9 Å². The quantitative estimate of drug-likeness (QED) is 0.325. The van der Waals surface area contributed by atoms with Gasteiger partial charge >= 0.3 is 0 Å². The smallest absolute Gasteiger partial charge is 0.203 e. The molecule has 3 aromatic carbocycles. The number of aromatic amines is 1. The summed E-state index contributed by atoms with van der Waals surface area (Å²) in [5.74, 6) is 2.64. The molecular weight excluding hydrogens is 416 g/mol. The number of hydrogen-bond acceptors (Lipinski definition) is 5. The van der Waals surface area contributed by atoms with Gasteiger partial charge in [0.05, 0.1) is 34.0 Å². The Morgan fingerprint density at radius 1 is 0.879 bits per heavy atom. The minimum atomic E-state index is -0.173. The molecule has 0 radical (unpaired) electrons. The van der Waals surface area contributed by atoms with Crippen LogP contribution < -0.4 is 24.3 Å². The SMILES string of the molecule is CCOc1ccc(NC(c2cc(OC)c(OC)c(OC)c2)c2c(C)[nH]c3ccccc23)cc1. The number of hydrogen-bond donors (Lipinski definition) is 2. The van der Waals surface area contributed by atoms with Crippen molar-refractivity contribution in [1.82, 2.24) is 4.98 Å². The van der Waals surface area contributed by atoms with E-state index in [0.29, 0.717) is 23.9 Å². The second-order valence-corrected chi connectivity index (χ2v) is 7.70. The molecule has 1 heterocycles. The van der Waals surface area contributed by atoms with Gasteiger partial charge in [0.15, 0.2) is 11.5 Å². The summed E-state index contributed by atoms with van der Waals surface area (Å²) in [5.41, 5.74) is 5.31. The number of benzene rings is 3. The lowest BCUT2D eigenvalue weighted by Crippen LogP contribution is -2.14. The normalized spacial score (nSPS) is 11.8. The molecule has 0 aliphatic carbocycles. The summed E-state index contributed by atoms with van der Waals surface area (Å²) in [6.07, 6.45) is 0. The molecule has 6 nitrogen and oxygen atoms in total. The zero-order valence-corrected chi connectivity index (χ0v) is 19.7. The molecule has 0 spiro atoms. The van der Waals surface area contributed by atoms with Gasteiger partial charge in [-0.3, -0.25) is 0 Å². The maximum absolute atomic E-state index is 5.64. The Labute approximate surface area is 194 Å². The molecule has 0 saturated carbocycles. The number of aromatic nitrogens is 1. The molecule has 1 unspecified atom stereocenters. The molecule has 0 saturated heterocycles. The standard InChI is InChI=1S/C27H30N2O4/c1-6-33-20-13-11-19(12-14-20)29-26(25-17(2)28-22-10-8-7-9-21(22)25)18-15-23(30-3)27(32-5)24(16-18)31-4/h7-16,26,28-29H,6H2,1-5H3. The van der Waals surface area contributed by atoms with Crippen LogP contribution in [0.5, 0.6) is 23.0 Å². The highest BCUT2D eigenvalue weighted by molar-refractivity contribution is 5.86. The molecule has 172 valence electrons. The van der Waals surface area contributed by atoms with Gasteiger partial charge in [-0.05, 0) is 61.9 Å². The Balaban J connectivity index is 1.87. The topological polar surface area (TPSA) is 64.7 Å². The van der Waals surface area contributed by atoms with E-state index in [1.807, 2.05) is 49.4 Å².